The van der Waals surface area contributed by atoms with Crippen LogP contribution in [-0.2, 0) is 6.42 Å². The molecule has 17 heavy (non-hydrogen) atoms. The van der Waals surface area contributed by atoms with Crippen molar-refractivity contribution in [3.63, 3.8) is 0 Å². The Hall–Kier alpha value is -0.820. The highest BCUT2D eigenvalue weighted by Crippen LogP contribution is 2.51. The molecule has 1 heteroatoms. The SMILES string of the molecule is CC1(C(O)CC2CCCc3ccccc32)CC1. The number of fused-ring (bicyclic) bond motifs is 1. The summed E-state index contributed by atoms with van der Waals surface area (Å²) in [6.07, 6.45) is 7.05. The summed E-state index contributed by atoms with van der Waals surface area (Å²) < 4.78 is 0. The van der Waals surface area contributed by atoms with Gasteiger partial charge in [-0.1, -0.05) is 31.2 Å². The van der Waals surface area contributed by atoms with Crippen LogP contribution in [0.15, 0.2) is 24.3 Å². The molecule has 1 aromatic carbocycles. The van der Waals surface area contributed by atoms with Crippen LogP contribution in [0.2, 0.25) is 0 Å². The van der Waals surface area contributed by atoms with Crippen LogP contribution in [0, 0.1) is 5.41 Å². The van der Waals surface area contributed by atoms with Crippen LogP contribution in [0.5, 0.6) is 0 Å². The molecular weight excluding hydrogens is 208 g/mol. The third-order valence-corrected chi connectivity index (χ3v) is 4.84. The third kappa shape index (κ3) is 2.13. The molecule has 0 bridgehead atoms. The average molecular weight is 230 g/mol. The van der Waals surface area contributed by atoms with Crippen LogP contribution in [0.25, 0.3) is 0 Å². The number of rotatable bonds is 3. The highest BCUT2D eigenvalue weighted by atomic mass is 16.3. The number of aliphatic hydroxyl groups excluding tert-OH is 1. The molecule has 0 spiro atoms. The Balaban J connectivity index is 1.76. The molecule has 0 aromatic heterocycles. The minimum absolute atomic E-state index is 0.0985. The van der Waals surface area contributed by atoms with Gasteiger partial charge in [0.25, 0.3) is 0 Å². The topological polar surface area (TPSA) is 20.2 Å². The fraction of sp³-hybridized carbons (Fsp3) is 0.625. The summed E-state index contributed by atoms with van der Waals surface area (Å²) in [5.41, 5.74) is 3.26. The Kier molecular flexibility index (Phi) is 2.74. The first-order valence-electron chi connectivity index (χ1n) is 6.95. The van der Waals surface area contributed by atoms with Gasteiger partial charge in [0, 0.05) is 0 Å². The van der Waals surface area contributed by atoms with Crippen LogP contribution in [-0.4, -0.2) is 11.2 Å². The smallest absolute Gasteiger partial charge is 0.0599 e. The van der Waals surface area contributed by atoms with Gasteiger partial charge in [-0.3, -0.25) is 0 Å². The molecule has 2 aliphatic rings. The predicted octanol–water partition coefficient (Wildman–Crippen LogP) is 3.66. The summed E-state index contributed by atoms with van der Waals surface area (Å²) in [5.74, 6) is 0.590. The van der Waals surface area contributed by atoms with Crippen molar-refractivity contribution < 1.29 is 5.11 Å². The first-order valence-corrected chi connectivity index (χ1v) is 6.95. The van der Waals surface area contributed by atoms with Crippen molar-refractivity contribution in [2.75, 3.05) is 0 Å². The number of hydrogen-bond acceptors (Lipinski definition) is 1. The average Bonchev–Trinajstić information content (AvgIpc) is 3.09. The molecule has 0 amide bonds. The largest absolute Gasteiger partial charge is 0.393 e. The number of aliphatic hydroxyl groups is 1. The lowest BCUT2D eigenvalue weighted by atomic mass is 9.78. The molecule has 0 heterocycles. The second-order valence-corrected chi connectivity index (χ2v) is 6.19. The van der Waals surface area contributed by atoms with Gasteiger partial charge in [-0.2, -0.15) is 0 Å². The van der Waals surface area contributed by atoms with Gasteiger partial charge in [-0.05, 0) is 61.0 Å². The van der Waals surface area contributed by atoms with Gasteiger partial charge in [0.15, 0.2) is 0 Å². The van der Waals surface area contributed by atoms with E-state index in [9.17, 15) is 5.11 Å². The maximum absolute atomic E-state index is 10.3. The predicted molar refractivity (Wildman–Crippen MR) is 70.1 cm³/mol. The lowest BCUT2D eigenvalue weighted by Gasteiger charge is -2.29. The van der Waals surface area contributed by atoms with Gasteiger partial charge in [-0.25, -0.2) is 0 Å². The minimum Gasteiger partial charge on any atom is -0.393 e. The van der Waals surface area contributed by atoms with E-state index in [4.69, 9.17) is 0 Å². The van der Waals surface area contributed by atoms with E-state index in [2.05, 4.69) is 31.2 Å². The Bertz CT molecular complexity index is 406. The van der Waals surface area contributed by atoms with Crippen molar-refractivity contribution in [3.8, 4) is 0 Å². The van der Waals surface area contributed by atoms with Crippen LogP contribution in [0.3, 0.4) is 0 Å². The third-order valence-electron chi connectivity index (χ3n) is 4.84. The molecule has 1 nitrogen and oxygen atoms in total. The van der Waals surface area contributed by atoms with Crippen molar-refractivity contribution in [2.24, 2.45) is 5.41 Å². The van der Waals surface area contributed by atoms with Crippen molar-refractivity contribution in [1.29, 1.82) is 0 Å². The molecule has 2 atom stereocenters. The van der Waals surface area contributed by atoms with E-state index in [1.807, 2.05) is 0 Å². The van der Waals surface area contributed by atoms with Crippen LogP contribution >= 0.6 is 0 Å². The zero-order valence-electron chi connectivity index (χ0n) is 10.7. The van der Waals surface area contributed by atoms with Gasteiger partial charge < -0.3 is 5.11 Å². The Morgan fingerprint density at radius 2 is 2.12 bits per heavy atom. The Morgan fingerprint density at radius 1 is 1.35 bits per heavy atom. The fourth-order valence-electron chi connectivity index (χ4n) is 3.18. The van der Waals surface area contributed by atoms with Gasteiger partial charge in [0.2, 0.25) is 0 Å². The normalized spacial score (nSPS) is 27.3. The highest BCUT2D eigenvalue weighted by Gasteiger charge is 2.44. The molecule has 1 aromatic rings. The lowest BCUT2D eigenvalue weighted by Crippen LogP contribution is -2.23. The zero-order chi connectivity index (χ0) is 11.9. The molecule has 0 aliphatic heterocycles. The van der Waals surface area contributed by atoms with E-state index in [1.165, 1.54) is 43.2 Å². The molecule has 1 N–H and O–H groups in total. The first kappa shape index (κ1) is 11.3. The van der Waals surface area contributed by atoms with Crippen molar-refractivity contribution in [2.45, 2.75) is 57.5 Å². The van der Waals surface area contributed by atoms with Gasteiger partial charge >= 0.3 is 0 Å². The highest BCUT2D eigenvalue weighted by molar-refractivity contribution is 5.32. The summed E-state index contributed by atoms with van der Waals surface area (Å²) >= 11 is 0. The summed E-state index contributed by atoms with van der Waals surface area (Å²) in [5, 5.41) is 10.3. The van der Waals surface area contributed by atoms with E-state index < -0.39 is 0 Å². The monoisotopic (exact) mass is 230 g/mol. The van der Waals surface area contributed by atoms with E-state index in [0.717, 1.165) is 6.42 Å². The standard InChI is InChI=1S/C16H22O/c1-16(9-10-16)15(17)11-13-7-4-6-12-5-2-3-8-14(12)13/h2-3,5,8,13,15,17H,4,6-7,9-11H2,1H3. The molecule has 0 saturated heterocycles. The van der Waals surface area contributed by atoms with Crippen molar-refractivity contribution in [3.05, 3.63) is 35.4 Å². The maximum Gasteiger partial charge on any atom is 0.0599 e. The maximum atomic E-state index is 10.3. The van der Waals surface area contributed by atoms with Crippen molar-refractivity contribution in [1.82, 2.24) is 0 Å². The van der Waals surface area contributed by atoms with E-state index in [0.29, 0.717) is 5.92 Å². The lowest BCUT2D eigenvalue weighted by molar-refractivity contribution is 0.0846. The number of hydrogen-bond donors (Lipinski definition) is 1. The first-order chi connectivity index (χ1) is 8.19. The van der Waals surface area contributed by atoms with E-state index in [-0.39, 0.29) is 11.5 Å². The molecule has 2 unspecified atom stereocenters. The zero-order valence-corrected chi connectivity index (χ0v) is 10.7. The summed E-state index contributed by atoms with van der Waals surface area (Å²) in [6, 6.07) is 8.80. The van der Waals surface area contributed by atoms with Crippen LogP contribution in [0.1, 0.15) is 56.1 Å². The molecule has 1 saturated carbocycles. The molecule has 92 valence electrons. The van der Waals surface area contributed by atoms with Crippen molar-refractivity contribution >= 4 is 0 Å². The van der Waals surface area contributed by atoms with Crippen LogP contribution < -0.4 is 0 Å². The molecule has 3 rings (SSSR count). The quantitative estimate of drug-likeness (QED) is 0.840. The Labute approximate surface area is 104 Å². The van der Waals surface area contributed by atoms with Gasteiger partial charge in [-0.15, -0.1) is 0 Å². The number of benzene rings is 1. The molecule has 0 radical (unpaired) electrons. The fourth-order valence-corrected chi connectivity index (χ4v) is 3.18. The summed E-state index contributed by atoms with van der Waals surface area (Å²) in [4.78, 5) is 0. The second-order valence-electron chi connectivity index (χ2n) is 6.19. The van der Waals surface area contributed by atoms with Gasteiger partial charge in [0.05, 0.1) is 6.10 Å². The van der Waals surface area contributed by atoms with E-state index >= 15 is 0 Å². The summed E-state index contributed by atoms with van der Waals surface area (Å²) in [7, 11) is 0. The van der Waals surface area contributed by atoms with E-state index in [1.54, 1.807) is 0 Å². The molecular formula is C16H22O. The second kappa shape index (κ2) is 4.13. The minimum atomic E-state index is -0.0985. The van der Waals surface area contributed by atoms with Crippen LogP contribution in [0.4, 0.5) is 0 Å². The van der Waals surface area contributed by atoms with Gasteiger partial charge in [0.1, 0.15) is 0 Å². The Morgan fingerprint density at radius 3 is 2.88 bits per heavy atom. The summed E-state index contributed by atoms with van der Waals surface area (Å²) in [6.45, 7) is 2.23. The molecule has 1 fully saturated rings. The number of aryl methyl sites for hydroxylation is 1. The molecule has 2 aliphatic carbocycles.